The van der Waals surface area contributed by atoms with E-state index in [9.17, 15) is 4.79 Å². The number of nitrogens with zero attached hydrogens (tertiary/aromatic N) is 4. The average Bonchev–Trinajstić information content (AvgIpc) is 3.11. The molecule has 0 bridgehead atoms. The van der Waals surface area contributed by atoms with E-state index < -0.39 is 0 Å². The van der Waals surface area contributed by atoms with E-state index >= 15 is 0 Å². The summed E-state index contributed by atoms with van der Waals surface area (Å²) in [5.74, 6) is 1.24. The summed E-state index contributed by atoms with van der Waals surface area (Å²) in [5, 5.41) is 0. The van der Waals surface area contributed by atoms with Crippen molar-refractivity contribution in [3.63, 3.8) is 0 Å². The van der Waals surface area contributed by atoms with Gasteiger partial charge in [-0.25, -0.2) is 9.97 Å². The largest absolute Gasteiger partial charge is 0.492 e. The van der Waals surface area contributed by atoms with Crippen molar-refractivity contribution in [3.05, 3.63) is 48.8 Å². The van der Waals surface area contributed by atoms with E-state index in [1.54, 1.807) is 24.7 Å². The van der Waals surface area contributed by atoms with Crippen LogP contribution >= 0.6 is 0 Å². The molecular formula is C20H24N4O3. The highest BCUT2D eigenvalue weighted by Crippen LogP contribution is 2.42. The molecule has 142 valence electrons. The van der Waals surface area contributed by atoms with Crippen LogP contribution in [-0.2, 0) is 4.74 Å². The SMILES string of the molecule is O=C(c1ccncn1)N1CCC2(CC1)OCCC2CCOc1cccnc1. The quantitative estimate of drug-likeness (QED) is 0.806. The molecule has 1 amide bonds. The van der Waals surface area contributed by atoms with Crippen LogP contribution in [-0.4, -0.2) is 57.7 Å². The van der Waals surface area contributed by atoms with Gasteiger partial charge in [0, 0.05) is 32.1 Å². The summed E-state index contributed by atoms with van der Waals surface area (Å²) in [6, 6.07) is 5.46. The van der Waals surface area contributed by atoms with Gasteiger partial charge < -0.3 is 14.4 Å². The Bertz CT molecular complexity index is 748. The second kappa shape index (κ2) is 8.00. The molecule has 0 radical (unpaired) electrons. The van der Waals surface area contributed by atoms with E-state index in [0.29, 0.717) is 31.3 Å². The molecule has 4 heterocycles. The summed E-state index contributed by atoms with van der Waals surface area (Å²) in [7, 11) is 0. The first-order chi connectivity index (χ1) is 13.3. The molecule has 0 N–H and O–H groups in total. The molecule has 2 fully saturated rings. The number of aromatic nitrogens is 3. The van der Waals surface area contributed by atoms with Crippen molar-refractivity contribution in [3.8, 4) is 5.75 Å². The molecule has 4 rings (SSSR count). The van der Waals surface area contributed by atoms with Crippen molar-refractivity contribution < 1.29 is 14.3 Å². The Balaban J connectivity index is 1.31. The van der Waals surface area contributed by atoms with Crippen molar-refractivity contribution in [2.45, 2.75) is 31.3 Å². The Morgan fingerprint density at radius 1 is 1.26 bits per heavy atom. The molecule has 27 heavy (non-hydrogen) atoms. The molecule has 2 saturated heterocycles. The van der Waals surface area contributed by atoms with E-state index in [-0.39, 0.29) is 11.5 Å². The highest BCUT2D eigenvalue weighted by molar-refractivity contribution is 5.92. The molecule has 1 unspecified atom stereocenters. The molecule has 2 aliphatic heterocycles. The van der Waals surface area contributed by atoms with E-state index in [2.05, 4.69) is 15.0 Å². The van der Waals surface area contributed by atoms with Crippen molar-refractivity contribution in [1.82, 2.24) is 19.9 Å². The smallest absolute Gasteiger partial charge is 0.272 e. The summed E-state index contributed by atoms with van der Waals surface area (Å²) in [6.45, 7) is 2.84. The normalized spacial score (nSPS) is 21.3. The minimum atomic E-state index is -0.124. The van der Waals surface area contributed by atoms with Crippen LogP contribution in [0.3, 0.4) is 0 Å². The molecule has 0 aliphatic carbocycles. The molecule has 2 aromatic rings. The summed E-state index contributed by atoms with van der Waals surface area (Å²) in [5.41, 5.74) is 0.329. The lowest BCUT2D eigenvalue weighted by Crippen LogP contribution is -2.49. The molecule has 1 atom stereocenters. The Labute approximate surface area is 158 Å². The third-order valence-corrected chi connectivity index (χ3v) is 5.67. The second-order valence-corrected chi connectivity index (χ2v) is 7.11. The molecule has 0 saturated carbocycles. The highest BCUT2D eigenvalue weighted by Gasteiger charge is 2.46. The van der Waals surface area contributed by atoms with Gasteiger partial charge in [-0.1, -0.05) is 0 Å². The predicted molar refractivity (Wildman–Crippen MR) is 98.3 cm³/mol. The van der Waals surface area contributed by atoms with Crippen LogP contribution in [0.15, 0.2) is 43.1 Å². The van der Waals surface area contributed by atoms with Gasteiger partial charge in [0.1, 0.15) is 17.8 Å². The summed E-state index contributed by atoms with van der Waals surface area (Å²) in [4.78, 5) is 26.5. The minimum Gasteiger partial charge on any atom is -0.492 e. The molecule has 1 spiro atoms. The Hall–Kier alpha value is -2.54. The van der Waals surface area contributed by atoms with E-state index in [1.807, 2.05) is 17.0 Å². The lowest BCUT2D eigenvalue weighted by molar-refractivity contribution is -0.0649. The first-order valence-electron chi connectivity index (χ1n) is 9.49. The van der Waals surface area contributed by atoms with Gasteiger partial charge in [0.2, 0.25) is 0 Å². The molecule has 0 aromatic carbocycles. The number of ether oxygens (including phenoxy) is 2. The Morgan fingerprint density at radius 2 is 2.15 bits per heavy atom. The maximum absolute atomic E-state index is 12.6. The third-order valence-electron chi connectivity index (χ3n) is 5.67. The number of amides is 1. The van der Waals surface area contributed by atoms with Crippen LogP contribution in [0.4, 0.5) is 0 Å². The summed E-state index contributed by atoms with van der Waals surface area (Å²) >= 11 is 0. The van der Waals surface area contributed by atoms with Crippen molar-refractivity contribution >= 4 is 5.91 Å². The van der Waals surface area contributed by atoms with Crippen LogP contribution in [0.25, 0.3) is 0 Å². The zero-order chi connectivity index (χ0) is 18.5. The molecule has 7 nitrogen and oxygen atoms in total. The van der Waals surface area contributed by atoms with E-state index in [4.69, 9.17) is 9.47 Å². The zero-order valence-corrected chi connectivity index (χ0v) is 15.3. The van der Waals surface area contributed by atoms with Crippen LogP contribution in [0.2, 0.25) is 0 Å². The third kappa shape index (κ3) is 3.93. The Morgan fingerprint density at radius 3 is 2.89 bits per heavy atom. The van der Waals surface area contributed by atoms with Crippen molar-refractivity contribution in [1.29, 1.82) is 0 Å². The van der Waals surface area contributed by atoms with Gasteiger partial charge in [-0.05, 0) is 49.8 Å². The van der Waals surface area contributed by atoms with Crippen LogP contribution in [0.5, 0.6) is 5.75 Å². The van der Waals surface area contributed by atoms with Gasteiger partial charge >= 0.3 is 0 Å². The zero-order valence-electron chi connectivity index (χ0n) is 15.3. The number of carbonyl (C=O) groups excluding carboxylic acids is 1. The molecule has 2 aromatic heterocycles. The van der Waals surface area contributed by atoms with Crippen LogP contribution < -0.4 is 4.74 Å². The van der Waals surface area contributed by atoms with Crippen LogP contribution in [0, 0.1) is 5.92 Å². The fourth-order valence-electron chi connectivity index (χ4n) is 4.16. The van der Waals surface area contributed by atoms with E-state index in [1.165, 1.54) is 6.33 Å². The number of likely N-dealkylation sites (tertiary alicyclic amines) is 1. The van der Waals surface area contributed by atoms with Gasteiger partial charge in [-0.2, -0.15) is 0 Å². The molecule has 2 aliphatic rings. The van der Waals surface area contributed by atoms with Crippen molar-refractivity contribution in [2.75, 3.05) is 26.3 Å². The summed E-state index contributed by atoms with van der Waals surface area (Å²) < 4.78 is 12.0. The van der Waals surface area contributed by atoms with Gasteiger partial charge in [-0.3, -0.25) is 9.78 Å². The number of piperidine rings is 1. The number of pyridine rings is 1. The average molecular weight is 368 g/mol. The minimum absolute atomic E-state index is 0.0262. The maximum Gasteiger partial charge on any atom is 0.272 e. The monoisotopic (exact) mass is 368 g/mol. The predicted octanol–water partition coefficient (Wildman–Crippen LogP) is 2.35. The molecular weight excluding hydrogens is 344 g/mol. The summed E-state index contributed by atoms with van der Waals surface area (Å²) in [6.07, 6.45) is 10.2. The number of hydrogen-bond donors (Lipinski definition) is 0. The number of carbonyl (C=O) groups is 1. The second-order valence-electron chi connectivity index (χ2n) is 7.11. The van der Waals surface area contributed by atoms with Crippen molar-refractivity contribution in [2.24, 2.45) is 5.92 Å². The van der Waals surface area contributed by atoms with Gasteiger partial charge in [0.05, 0.1) is 18.4 Å². The topological polar surface area (TPSA) is 77.4 Å². The standard InChI is InChI=1S/C20H24N4O3/c25-19(18-3-9-22-15-23-18)24-10-6-20(7-11-24)16(5-13-27-20)4-12-26-17-2-1-8-21-14-17/h1-3,8-9,14-16H,4-7,10-13H2. The fourth-order valence-corrected chi connectivity index (χ4v) is 4.16. The number of hydrogen-bond acceptors (Lipinski definition) is 6. The van der Waals surface area contributed by atoms with Crippen LogP contribution in [0.1, 0.15) is 36.2 Å². The first-order valence-corrected chi connectivity index (χ1v) is 9.49. The van der Waals surface area contributed by atoms with E-state index in [0.717, 1.165) is 38.0 Å². The first kappa shape index (κ1) is 17.9. The Kier molecular flexibility index (Phi) is 5.29. The lowest BCUT2D eigenvalue weighted by atomic mass is 9.78. The lowest BCUT2D eigenvalue weighted by Gasteiger charge is -2.42. The highest BCUT2D eigenvalue weighted by atomic mass is 16.5. The van der Waals surface area contributed by atoms with Gasteiger partial charge in [-0.15, -0.1) is 0 Å². The molecule has 7 heteroatoms. The van der Waals surface area contributed by atoms with Gasteiger partial charge in [0.15, 0.2) is 0 Å². The maximum atomic E-state index is 12.6. The number of rotatable bonds is 5. The van der Waals surface area contributed by atoms with Gasteiger partial charge in [0.25, 0.3) is 5.91 Å². The fraction of sp³-hybridized carbons (Fsp3) is 0.500.